The summed E-state index contributed by atoms with van der Waals surface area (Å²) in [5.41, 5.74) is 7.94. The molecule has 0 bridgehead atoms. The van der Waals surface area contributed by atoms with Gasteiger partial charge in [0.2, 0.25) is 5.91 Å². The molecule has 0 saturated heterocycles. The van der Waals surface area contributed by atoms with Crippen LogP contribution in [-0.4, -0.2) is 44.8 Å². The van der Waals surface area contributed by atoms with E-state index in [4.69, 9.17) is 11.6 Å². The second-order valence-electron chi connectivity index (χ2n) is 11.9. The minimum absolute atomic E-state index is 0.177. The third-order valence-electron chi connectivity index (χ3n) is 9.13. The quantitative estimate of drug-likeness (QED) is 0.222. The highest BCUT2D eigenvalue weighted by Gasteiger charge is 2.42. The summed E-state index contributed by atoms with van der Waals surface area (Å²) in [5.74, 6) is -1.73. The molecule has 6 nitrogen and oxygen atoms in total. The molecular weight excluding hydrogens is 596 g/mol. The van der Waals surface area contributed by atoms with Crippen molar-refractivity contribution in [3.63, 3.8) is 0 Å². The van der Waals surface area contributed by atoms with Crippen LogP contribution < -0.4 is 0 Å². The number of carboxylic acid groups (broad SMARTS) is 1. The zero-order valence-corrected chi connectivity index (χ0v) is 25.7. The highest BCUT2D eigenvalue weighted by Crippen LogP contribution is 2.34. The van der Waals surface area contributed by atoms with Crippen LogP contribution in [0.25, 0.3) is 22.3 Å². The molecule has 228 valence electrons. The molecule has 2 unspecified atom stereocenters. The molecule has 2 aliphatic heterocycles. The van der Waals surface area contributed by atoms with Crippen LogP contribution >= 0.6 is 11.6 Å². The van der Waals surface area contributed by atoms with Gasteiger partial charge in [0.15, 0.2) is 0 Å². The molecule has 0 radical (unpaired) electrons. The van der Waals surface area contributed by atoms with Crippen LogP contribution in [-0.2, 0) is 35.5 Å². The summed E-state index contributed by atoms with van der Waals surface area (Å²) < 4.78 is 0. The van der Waals surface area contributed by atoms with Gasteiger partial charge < -0.3 is 14.9 Å². The number of carboxylic acids is 1. The molecular formula is C39H31ClN2O4. The van der Waals surface area contributed by atoms with E-state index in [1.807, 2.05) is 91.0 Å². The lowest BCUT2D eigenvalue weighted by Gasteiger charge is -2.42. The molecule has 2 amide bonds. The number of halogens is 1. The Morgan fingerprint density at radius 3 is 1.74 bits per heavy atom. The van der Waals surface area contributed by atoms with Gasteiger partial charge in [-0.3, -0.25) is 9.59 Å². The summed E-state index contributed by atoms with van der Waals surface area (Å²) in [5, 5.41) is 10.7. The molecule has 0 spiro atoms. The van der Waals surface area contributed by atoms with Gasteiger partial charge in [-0.05, 0) is 57.1 Å². The number of aliphatic carboxylic acids is 1. The van der Waals surface area contributed by atoms with E-state index in [-0.39, 0.29) is 31.3 Å². The summed E-state index contributed by atoms with van der Waals surface area (Å²) in [4.78, 5) is 44.2. The first kappa shape index (κ1) is 29.5. The van der Waals surface area contributed by atoms with E-state index in [9.17, 15) is 19.5 Å². The number of carbonyl (C=O) groups excluding carboxylic acids is 2. The summed E-state index contributed by atoms with van der Waals surface area (Å²) in [7, 11) is 0. The minimum atomic E-state index is -1.06. The van der Waals surface area contributed by atoms with Crippen molar-refractivity contribution in [1.82, 2.24) is 9.80 Å². The van der Waals surface area contributed by atoms with E-state index in [1.54, 1.807) is 23.1 Å². The molecule has 7 rings (SSSR count). The number of benzene rings is 5. The van der Waals surface area contributed by atoms with Crippen molar-refractivity contribution in [2.45, 2.75) is 38.0 Å². The molecule has 0 aromatic heterocycles. The number of hydrogen-bond acceptors (Lipinski definition) is 3. The van der Waals surface area contributed by atoms with Gasteiger partial charge in [0.25, 0.3) is 5.91 Å². The fraction of sp³-hybridized carbons (Fsp3) is 0.154. The molecule has 0 fully saturated rings. The number of nitrogens with zero attached hydrogens (tertiary/aromatic N) is 2. The Bertz CT molecular complexity index is 1960. The minimum Gasteiger partial charge on any atom is -0.480 e. The van der Waals surface area contributed by atoms with Crippen LogP contribution in [0.2, 0.25) is 5.02 Å². The Labute approximate surface area is 272 Å². The Hall–Kier alpha value is -5.20. The monoisotopic (exact) mass is 626 g/mol. The molecule has 2 atom stereocenters. The third-order valence-corrected chi connectivity index (χ3v) is 9.46. The van der Waals surface area contributed by atoms with Gasteiger partial charge in [-0.1, -0.05) is 115 Å². The third kappa shape index (κ3) is 5.57. The van der Waals surface area contributed by atoms with Crippen LogP contribution in [0.15, 0.2) is 121 Å². The number of rotatable bonds is 5. The molecule has 2 aliphatic rings. The van der Waals surface area contributed by atoms with Gasteiger partial charge in [0, 0.05) is 42.1 Å². The highest BCUT2D eigenvalue weighted by atomic mass is 35.5. The Kier molecular flexibility index (Phi) is 7.89. The zero-order valence-electron chi connectivity index (χ0n) is 25.0. The standard InChI is InChI=1S/C39H31ClN2O4/c40-34-19-18-30(20-33(34)27-16-14-26(15-17-27)25-8-2-1-3-9-25)37(43)41-23-31-12-6-4-10-28(31)21-35(41)38(44)42-24-32-13-7-5-11-29(32)22-36(42)39(45)46/h1-20,35-36H,21-24H2,(H,45,46). The van der Waals surface area contributed by atoms with E-state index in [2.05, 4.69) is 12.1 Å². The Balaban J connectivity index is 1.22. The predicted octanol–water partition coefficient (Wildman–Crippen LogP) is 7.28. The molecule has 0 saturated carbocycles. The van der Waals surface area contributed by atoms with Crippen molar-refractivity contribution in [3.05, 3.63) is 154 Å². The van der Waals surface area contributed by atoms with Crippen molar-refractivity contribution < 1.29 is 19.5 Å². The second-order valence-corrected chi connectivity index (χ2v) is 12.3. The predicted molar refractivity (Wildman–Crippen MR) is 178 cm³/mol. The normalized spacial score (nSPS) is 17.2. The van der Waals surface area contributed by atoms with E-state index < -0.39 is 18.1 Å². The van der Waals surface area contributed by atoms with Crippen LogP contribution in [0.4, 0.5) is 0 Å². The van der Waals surface area contributed by atoms with Crippen molar-refractivity contribution in [2.75, 3.05) is 0 Å². The maximum absolute atomic E-state index is 14.4. The SMILES string of the molecule is O=C(O)C1Cc2ccccc2CN1C(=O)C1Cc2ccccc2CN1C(=O)c1ccc(Cl)c(-c2ccc(-c3ccccc3)cc2)c1. The van der Waals surface area contributed by atoms with Crippen molar-refractivity contribution in [2.24, 2.45) is 0 Å². The van der Waals surface area contributed by atoms with Gasteiger partial charge in [0.05, 0.1) is 0 Å². The maximum Gasteiger partial charge on any atom is 0.326 e. The van der Waals surface area contributed by atoms with Crippen LogP contribution in [0.3, 0.4) is 0 Å². The van der Waals surface area contributed by atoms with E-state index in [0.717, 1.165) is 38.9 Å². The number of hydrogen-bond donors (Lipinski definition) is 1. The van der Waals surface area contributed by atoms with Gasteiger partial charge in [0.1, 0.15) is 12.1 Å². The molecule has 46 heavy (non-hydrogen) atoms. The first-order chi connectivity index (χ1) is 22.4. The van der Waals surface area contributed by atoms with Gasteiger partial charge in [-0.2, -0.15) is 0 Å². The smallest absolute Gasteiger partial charge is 0.326 e. The van der Waals surface area contributed by atoms with Gasteiger partial charge >= 0.3 is 5.97 Å². The molecule has 2 heterocycles. The summed E-state index contributed by atoms with van der Waals surface area (Å²) >= 11 is 6.67. The van der Waals surface area contributed by atoms with Crippen LogP contribution in [0.5, 0.6) is 0 Å². The fourth-order valence-electron chi connectivity index (χ4n) is 6.64. The van der Waals surface area contributed by atoms with Gasteiger partial charge in [-0.25, -0.2) is 4.79 Å². The van der Waals surface area contributed by atoms with E-state index in [0.29, 0.717) is 22.6 Å². The lowest BCUT2D eigenvalue weighted by atomic mass is 9.89. The number of amides is 2. The van der Waals surface area contributed by atoms with Gasteiger partial charge in [-0.15, -0.1) is 0 Å². The largest absolute Gasteiger partial charge is 0.480 e. The maximum atomic E-state index is 14.4. The van der Waals surface area contributed by atoms with Crippen LogP contribution in [0.1, 0.15) is 32.6 Å². The van der Waals surface area contributed by atoms with Crippen molar-refractivity contribution >= 4 is 29.4 Å². The Morgan fingerprint density at radius 2 is 1.11 bits per heavy atom. The van der Waals surface area contributed by atoms with Crippen LogP contribution in [0, 0.1) is 0 Å². The molecule has 5 aromatic rings. The average Bonchev–Trinajstić information content (AvgIpc) is 3.10. The van der Waals surface area contributed by atoms with Crippen molar-refractivity contribution in [3.8, 4) is 22.3 Å². The molecule has 7 heteroatoms. The topological polar surface area (TPSA) is 77.9 Å². The van der Waals surface area contributed by atoms with Crippen molar-refractivity contribution in [1.29, 1.82) is 0 Å². The summed E-state index contributed by atoms with van der Waals surface area (Å²) in [6.07, 6.45) is 0.519. The average molecular weight is 627 g/mol. The lowest BCUT2D eigenvalue weighted by molar-refractivity contribution is -0.153. The lowest BCUT2D eigenvalue weighted by Crippen LogP contribution is -2.58. The first-order valence-corrected chi connectivity index (χ1v) is 15.7. The first-order valence-electron chi connectivity index (χ1n) is 15.3. The Morgan fingerprint density at radius 1 is 0.587 bits per heavy atom. The molecule has 0 aliphatic carbocycles. The molecule has 5 aromatic carbocycles. The number of carbonyl (C=O) groups is 3. The second kappa shape index (κ2) is 12.3. The molecule has 1 N–H and O–H groups in total. The zero-order chi connectivity index (χ0) is 31.8. The highest BCUT2D eigenvalue weighted by molar-refractivity contribution is 6.33. The van der Waals surface area contributed by atoms with E-state index in [1.165, 1.54) is 4.90 Å². The van der Waals surface area contributed by atoms with E-state index >= 15 is 0 Å². The fourth-order valence-corrected chi connectivity index (χ4v) is 6.87. The summed E-state index contributed by atoms with van der Waals surface area (Å²) in [6.45, 7) is 0.410. The number of fused-ring (bicyclic) bond motifs is 2. The summed E-state index contributed by atoms with van der Waals surface area (Å²) in [6, 6.07) is 36.8.